The van der Waals surface area contributed by atoms with Crippen molar-refractivity contribution in [3.63, 3.8) is 0 Å². The number of likely N-dealkylation sites (tertiary alicyclic amines) is 1. The highest BCUT2D eigenvalue weighted by Crippen LogP contribution is 2.33. The van der Waals surface area contributed by atoms with E-state index >= 15 is 0 Å². The van der Waals surface area contributed by atoms with Gasteiger partial charge in [0.05, 0.1) is 0 Å². The molecule has 0 bridgehead atoms. The Labute approximate surface area is 122 Å². The molecular formula is C17H26N2O. The number of aryl methyl sites for hydroxylation is 1. The average Bonchev–Trinajstić information content (AvgIpc) is 2.80. The van der Waals surface area contributed by atoms with Crippen molar-refractivity contribution in [3.8, 4) is 0 Å². The molecule has 1 aliphatic rings. The highest BCUT2D eigenvalue weighted by molar-refractivity contribution is 5.79. The molecule has 1 heterocycles. The highest BCUT2D eigenvalue weighted by Gasteiger charge is 2.35. The Morgan fingerprint density at radius 2 is 2.15 bits per heavy atom. The zero-order chi connectivity index (χ0) is 14.7. The van der Waals surface area contributed by atoms with Crippen LogP contribution in [0, 0.1) is 12.8 Å². The Bertz CT molecular complexity index is 472. The van der Waals surface area contributed by atoms with E-state index in [2.05, 4.69) is 48.3 Å². The Morgan fingerprint density at radius 1 is 1.45 bits per heavy atom. The molecule has 3 unspecified atom stereocenters. The number of rotatable bonds is 4. The summed E-state index contributed by atoms with van der Waals surface area (Å²) in [7, 11) is 1.90. The van der Waals surface area contributed by atoms with Gasteiger partial charge in [-0.1, -0.05) is 31.2 Å². The summed E-state index contributed by atoms with van der Waals surface area (Å²) in [6.07, 6.45) is 1.07. The van der Waals surface area contributed by atoms with E-state index in [1.807, 2.05) is 14.0 Å². The second kappa shape index (κ2) is 6.40. The van der Waals surface area contributed by atoms with E-state index in [0.29, 0.717) is 12.0 Å². The molecule has 1 saturated heterocycles. The van der Waals surface area contributed by atoms with Crippen molar-refractivity contribution >= 4 is 5.91 Å². The first-order valence-electron chi connectivity index (χ1n) is 7.55. The monoisotopic (exact) mass is 274 g/mol. The lowest BCUT2D eigenvalue weighted by Gasteiger charge is -2.25. The maximum Gasteiger partial charge on any atom is 0.226 e. The fraction of sp³-hybridized carbons (Fsp3) is 0.588. The number of benzene rings is 1. The maximum absolute atomic E-state index is 12.5. The quantitative estimate of drug-likeness (QED) is 0.915. The third kappa shape index (κ3) is 3.04. The Kier molecular flexibility index (Phi) is 4.81. The van der Waals surface area contributed by atoms with Crippen LogP contribution in [0.25, 0.3) is 0 Å². The topological polar surface area (TPSA) is 32.3 Å². The van der Waals surface area contributed by atoms with Crippen LogP contribution in [0.3, 0.4) is 0 Å². The van der Waals surface area contributed by atoms with Crippen molar-refractivity contribution in [2.75, 3.05) is 20.1 Å². The van der Waals surface area contributed by atoms with Crippen molar-refractivity contribution in [2.45, 2.75) is 39.2 Å². The third-order valence-electron chi connectivity index (χ3n) is 4.42. The summed E-state index contributed by atoms with van der Waals surface area (Å²) in [5.41, 5.74) is 2.73. The summed E-state index contributed by atoms with van der Waals surface area (Å²) in [4.78, 5) is 14.6. The zero-order valence-electron chi connectivity index (χ0n) is 13.0. The van der Waals surface area contributed by atoms with E-state index < -0.39 is 0 Å². The number of nitrogens with zero attached hydrogens (tertiary/aromatic N) is 1. The van der Waals surface area contributed by atoms with Gasteiger partial charge in [0, 0.05) is 31.0 Å². The van der Waals surface area contributed by atoms with Crippen molar-refractivity contribution in [3.05, 3.63) is 35.4 Å². The minimum absolute atomic E-state index is 0.0538. The van der Waals surface area contributed by atoms with E-state index in [9.17, 15) is 4.79 Å². The Balaban J connectivity index is 2.09. The molecular weight excluding hydrogens is 248 g/mol. The van der Waals surface area contributed by atoms with Gasteiger partial charge in [0.25, 0.3) is 0 Å². The first kappa shape index (κ1) is 15.0. The van der Waals surface area contributed by atoms with E-state index in [4.69, 9.17) is 0 Å². The summed E-state index contributed by atoms with van der Waals surface area (Å²) in [5, 5.41) is 3.09. The standard InChI is InChI=1S/C17H26N2O/c1-12-7-5-6-8-16(12)15-9-14(3)19(11-15)17(20)13(2)10-18-4/h5-8,13-15,18H,9-11H2,1-4H3. The van der Waals surface area contributed by atoms with Gasteiger partial charge < -0.3 is 10.2 Å². The molecule has 0 radical (unpaired) electrons. The van der Waals surface area contributed by atoms with Gasteiger partial charge in [0.15, 0.2) is 0 Å². The molecule has 3 heteroatoms. The van der Waals surface area contributed by atoms with Crippen LogP contribution in [-0.2, 0) is 4.79 Å². The summed E-state index contributed by atoms with van der Waals surface area (Å²) >= 11 is 0. The molecule has 0 aliphatic carbocycles. The lowest BCUT2D eigenvalue weighted by Crippen LogP contribution is -2.40. The van der Waals surface area contributed by atoms with Crippen molar-refractivity contribution in [2.24, 2.45) is 5.92 Å². The largest absolute Gasteiger partial charge is 0.339 e. The van der Waals surface area contributed by atoms with Crippen LogP contribution >= 0.6 is 0 Å². The molecule has 0 spiro atoms. The van der Waals surface area contributed by atoms with E-state index in [0.717, 1.165) is 19.5 Å². The lowest BCUT2D eigenvalue weighted by atomic mass is 9.93. The smallest absolute Gasteiger partial charge is 0.226 e. The first-order valence-corrected chi connectivity index (χ1v) is 7.55. The number of hydrogen-bond donors (Lipinski definition) is 1. The number of amides is 1. The average molecular weight is 274 g/mol. The lowest BCUT2D eigenvalue weighted by molar-refractivity contribution is -0.135. The van der Waals surface area contributed by atoms with Crippen LogP contribution < -0.4 is 5.32 Å². The van der Waals surface area contributed by atoms with Crippen molar-refractivity contribution in [1.29, 1.82) is 0 Å². The van der Waals surface area contributed by atoms with Gasteiger partial charge in [-0.15, -0.1) is 0 Å². The molecule has 2 rings (SSSR count). The second-order valence-electron chi connectivity index (χ2n) is 6.09. The molecule has 110 valence electrons. The van der Waals surface area contributed by atoms with Crippen LogP contribution in [-0.4, -0.2) is 37.0 Å². The fourth-order valence-corrected chi connectivity index (χ4v) is 3.28. The molecule has 1 fully saturated rings. The molecule has 0 aromatic heterocycles. The summed E-state index contributed by atoms with van der Waals surface area (Å²) in [5.74, 6) is 0.818. The van der Waals surface area contributed by atoms with E-state index in [1.165, 1.54) is 11.1 Å². The summed E-state index contributed by atoms with van der Waals surface area (Å²) < 4.78 is 0. The van der Waals surface area contributed by atoms with Gasteiger partial charge >= 0.3 is 0 Å². The van der Waals surface area contributed by atoms with E-state index in [1.54, 1.807) is 0 Å². The third-order valence-corrected chi connectivity index (χ3v) is 4.42. The number of nitrogens with one attached hydrogen (secondary N) is 1. The zero-order valence-corrected chi connectivity index (χ0v) is 13.0. The predicted molar refractivity (Wildman–Crippen MR) is 82.8 cm³/mol. The normalized spacial score (nSPS) is 23.9. The predicted octanol–water partition coefficient (Wildman–Crippen LogP) is 2.55. The van der Waals surface area contributed by atoms with Crippen LogP contribution in [0.1, 0.15) is 37.3 Å². The fourth-order valence-electron chi connectivity index (χ4n) is 3.28. The van der Waals surface area contributed by atoms with Gasteiger partial charge in [-0.05, 0) is 38.4 Å². The van der Waals surface area contributed by atoms with Crippen molar-refractivity contribution < 1.29 is 4.79 Å². The Hall–Kier alpha value is -1.35. The van der Waals surface area contributed by atoms with Crippen LogP contribution in [0.2, 0.25) is 0 Å². The molecule has 20 heavy (non-hydrogen) atoms. The van der Waals surface area contributed by atoms with Gasteiger partial charge in [-0.25, -0.2) is 0 Å². The minimum atomic E-state index is 0.0538. The first-order chi connectivity index (χ1) is 9.54. The molecule has 1 aromatic rings. The van der Waals surface area contributed by atoms with Gasteiger partial charge in [-0.3, -0.25) is 4.79 Å². The summed E-state index contributed by atoms with van der Waals surface area (Å²) in [6, 6.07) is 8.88. The van der Waals surface area contributed by atoms with Crippen LogP contribution in [0.15, 0.2) is 24.3 Å². The van der Waals surface area contributed by atoms with Gasteiger partial charge in [0.2, 0.25) is 5.91 Å². The molecule has 3 nitrogen and oxygen atoms in total. The van der Waals surface area contributed by atoms with Crippen molar-refractivity contribution in [1.82, 2.24) is 10.2 Å². The minimum Gasteiger partial charge on any atom is -0.339 e. The molecule has 1 aromatic carbocycles. The number of hydrogen-bond acceptors (Lipinski definition) is 2. The highest BCUT2D eigenvalue weighted by atomic mass is 16.2. The molecule has 1 amide bonds. The summed E-state index contributed by atoms with van der Waals surface area (Å²) in [6.45, 7) is 7.94. The second-order valence-corrected chi connectivity index (χ2v) is 6.09. The Morgan fingerprint density at radius 3 is 2.80 bits per heavy atom. The van der Waals surface area contributed by atoms with Gasteiger partial charge in [-0.2, -0.15) is 0 Å². The number of carbonyl (C=O) groups is 1. The molecule has 1 aliphatic heterocycles. The van der Waals surface area contributed by atoms with E-state index in [-0.39, 0.29) is 11.8 Å². The molecule has 1 N–H and O–H groups in total. The van der Waals surface area contributed by atoms with Crippen LogP contribution in [0.4, 0.5) is 0 Å². The van der Waals surface area contributed by atoms with Crippen LogP contribution in [0.5, 0.6) is 0 Å². The number of carbonyl (C=O) groups excluding carboxylic acids is 1. The SMILES string of the molecule is CNCC(C)C(=O)N1CC(c2ccccc2C)CC1C. The molecule has 3 atom stereocenters. The molecule has 0 saturated carbocycles. The maximum atomic E-state index is 12.5. The van der Waals surface area contributed by atoms with Gasteiger partial charge in [0.1, 0.15) is 0 Å².